The van der Waals surface area contributed by atoms with Gasteiger partial charge in [0.2, 0.25) is 21.8 Å². The van der Waals surface area contributed by atoms with Crippen molar-refractivity contribution < 1.29 is 26.4 Å². The molecule has 1 N–H and O–H groups in total. The van der Waals surface area contributed by atoms with E-state index in [-0.39, 0.29) is 29.6 Å². The molecule has 3 aliphatic rings. The number of likely N-dealkylation sites (N-methyl/N-ethyl adjacent to an activating group) is 1. The Bertz CT molecular complexity index is 1610. The van der Waals surface area contributed by atoms with E-state index in [1.807, 2.05) is 4.90 Å². The van der Waals surface area contributed by atoms with Gasteiger partial charge >= 0.3 is 0 Å². The molecule has 3 aliphatic heterocycles. The summed E-state index contributed by atoms with van der Waals surface area (Å²) in [5.74, 6) is -0.569. The van der Waals surface area contributed by atoms with Crippen LogP contribution >= 0.6 is 22.9 Å². The number of carbonyl (C=O) groups is 2. The van der Waals surface area contributed by atoms with Crippen LogP contribution in [0, 0.1) is 0 Å². The predicted octanol–water partition coefficient (Wildman–Crippen LogP) is 1.40. The molecule has 0 bridgehead atoms. The highest BCUT2D eigenvalue weighted by atomic mass is 35.5. The number of halogens is 1. The third kappa shape index (κ3) is 7.71. The van der Waals surface area contributed by atoms with E-state index in [0.717, 1.165) is 18.2 Å². The number of sulfonamides is 2. The Balaban J connectivity index is 1.14. The SMILES string of the molecule is CN(C1CCN(CC2CCCN2C(=O)CN2CCCC(NS(=O)(=O)/C=C/c3ccc(Cl)s3)C2=O)C1)S(=O)(=O)c1cn(C)cn1. The lowest BCUT2D eigenvalue weighted by Gasteiger charge is -2.34. The molecule has 2 amide bonds. The maximum atomic E-state index is 13.4. The first kappa shape index (κ1) is 33.0. The zero-order valence-electron chi connectivity index (χ0n) is 24.7. The summed E-state index contributed by atoms with van der Waals surface area (Å²) >= 11 is 7.15. The number of aromatic nitrogens is 2. The molecule has 5 heterocycles. The van der Waals surface area contributed by atoms with E-state index in [9.17, 15) is 26.4 Å². The van der Waals surface area contributed by atoms with Gasteiger partial charge in [-0.25, -0.2) is 21.8 Å². The van der Waals surface area contributed by atoms with Gasteiger partial charge in [0.05, 0.1) is 17.2 Å². The molecule has 2 aromatic heterocycles. The summed E-state index contributed by atoms with van der Waals surface area (Å²) in [4.78, 5) is 36.8. The van der Waals surface area contributed by atoms with Gasteiger partial charge in [-0.1, -0.05) is 11.6 Å². The van der Waals surface area contributed by atoms with Crippen LogP contribution in [-0.2, 0) is 36.7 Å². The van der Waals surface area contributed by atoms with Crippen molar-refractivity contribution >= 4 is 60.9 Å². The number of hydrogen-bond donors (Lipinski definition) is 1. The highest BCUT2D eigenvalue weighted by Crippen LogP contribution is 2.26. The third-order valence-electron chi connectivity index (χ3n) is 8.42. The van der Waals surface area contributed by atoms with Gasteiger partial charge in [-0.15, -0.1) is 11.3 Å². The second-order valence-corrected chi connectivity index (χ2v) is 16.8. The van der Waals surface area contributed by atoms with Crippen LogP contribution < -0.4 is 4.72 Å². The van der Waals surface area contributed by atoms with Crippen molar-refractivity contribution in [2.24, 2.45) is 7.05 Å². The molecule has 3 unspecified atom stereocenters. The summed E-state index contributed by atoms with van der Waals surface area (Å²) < 4.78 is 57.4. The largest absolute Gasteiger partial charge is 0.339 e. The van der Waals surface area contributed by atoms with Crippen LogP contribution in [0.4, 0.5) is 0 Å². The predicted molar refractivity (Wildman–Crippen MR) is 168 cm³/mol. The molecule has 5 rings (SSSR count). The molecule has 0 spiro atoms. The molecule has 0 aromatic carbocycles. The lowest BCUT2D eigenvalue weighted by Crippen LogP contribution is -2.55. The number of piperidine rings is 1. The summed E-state index contributed by atoms with van der Waals surface area (Å²) in [5, 5.41) is 1.05. The molecular formula is C27H38ClN7O6S3. The van der Waals surface area contributed by atoms with Crippen molar-refractivity contribution in [3.05, 3.63) is 39.3 Å². The lowest BCUT2D eigenvalue weighted by atomic mass is 10.1. The summed E-state index contributed by atoms with van der Waals surface area (Å²) in [5.41, 5.74) is 0. The highest BCUT2D eigenvalue weighted by molar-refractivity contribution is 7.92. The van der Waals surface area contributed by atoms with Gasteiger partial charge in [0.25, 0.3) is 10.0 Å². The number of thiophene rings is 1. The van der Waals surface area contributed by atoms with E-state index in [1.165, 1.54) is 39.1 Å². The van der Waals surface area contributed by atoms with E-state index in [2.05, 4.69) is 14.6 Å². The number of nitrogens with one attached hydrogen (secondary N) is 1. The number of rotatable bonds is 11. The third-order valence-corrected chi connectivity index (χ3v) is 12.5. The Morgan fingerprint density at radius 1 is 1.16 bits per heavy atom. The summed E-state index contributed by atoms with van der Waals surface area (Å²) in [7, 11) is -4.29. The molecule has 0 saturated carbocycles. The molecule has 2 aromatic rings. The second kappa shape index (κ2) is 13.6. The Kier molecular flexibility index (Phi) is 10.2. The van der Waals surface area contributed by atoms with Crippen LogP contribution in [0.1, 0.15) is 37.0 Å². The van der Waals surface area contributed by atoms with Crippen LogP contribution in [-0.4, -0.2) is 122 Å². The summed E-state index contributed by atoms with van der Waals surface area (Å²) in [6, 6.07) is 2.21. The normalized spacial score (nSPS) is 23.9. The van der Waals surface area contributed by atoms with Crippen LogP contribution in [0.15, 0.2) is 35.1 Å². The molecule has 3 atom stereocenters. The molecule has 242 valence electrons. The van der Waals surface area contributed by atoms with Gasteiger partial charge < -0.3 is 14.4 Å². The second-order valence-electron chi connectivity index (χ2n) is 11.5. The molecular weight excluding hydrogens is 650 g/mol. The zero-order chi connectivity index (χ0) is 31.6. The number of carbonyl (C=O) groups excluding carboxylic acids is 2. The fourth-order valence-electron chi connectivity index (χ4n) is 6.07. The van der Waals surface area contributed by atoms with Gasteiger partial charge in [-0.3, -0.25) is 14.5 Å². The molecule has 3 fully saturated rings. The Morgan fingerprint density at radius 3 is 2.64 bits per heavy atom. The first-order valence-corrected chi connectivity index (χ1v) is 18.7. The number of aryl methyl sites for hydroxylation is 1. The van der Waals surface area contributed by atoms with Crippen molar-refractivity contribution in [3.8, 4) is 0 Å². The van der Waals surface area contributed by atoms with Crippen LogP contribution in [0.3, 0.4) is 0 Å². The monoisotopic (exact) mass is 687 g/mol. The average molecular weight is 688 g/mol. The minimum atomic E-state index is -3.89. The summed E-state index contributed by atoms with van der Waals surface area (Å²) in [6.07, 6.45) is 7.67. The number of nitrogens with zero attached hydrogens (tertiary/aromatic N) is 6. The lowest BCUT2D eigenvalue weighted by molar-refractivity contribution is -0.143. The summed E-state index contributed by atoms with van der Waals surface area (Å²) in [6.45, 7) is 2.76. The maximum Gasteiger partial charge on any atom is 0.262 e. The van der Waals surface area contributed by atoms with Crippen molar-refractivity contribution in [3.63, 3.8) is 0 Å². The zero-order valence-corrected chi connectivity index (χ0v) is 27.9. The highest BCUT2D eigenvalue weighted by Gasteiger charge is 2.38. The van der Waals surface area contributed by atoms with E-state index in [1.54, 1.807) is 30.8 Å². The van der Waals surface area contributed by atoms with Crippen LogP contribution in [0.5, 0.6) is 0 Å². The number of hydrogen-bond acceptors (Lipinski definition) is 9. The first-order valence-electron chi connectivity index (χ1n) is 14.5. The fraction of sp³-hybridized carbons (Fsp3) is 0.593. The molecule has 17 heteroatoms. The Labute approximate surface area is 267 Å². The quantitative estimate of drug-likeness (QED) is 0.373. The van der Waals surface area contributed by atoms with Crippen LogP contribution in [0.25, 0.3) is 6.08 Å². The topological polar surface area (TPSA) is 145 Å². The molecule has 0 aliphatic carbocycles. The fourth-order valence-corrected chi connectivity index (χ4v) is 9.47. The van der Waals surface area contributed by atoms with Gasteiger partial charge in [-0.2, -0.15) is 9.03 Å². The van der Waals surface area contributed by atoms with Crippen molar-refractivity contribution in [1.82, 2.24) is 33.3 Å². The van der Waals surface area contributed by atoms with E-state index >= 15 is 0 Å². The van der Waals surface area contributed by atoms with Gasteiger partial charge in [0, 0.05) is 68.8 Å². The van der Waals surface area contributed by atoms with Gasteiger partial charge in [0.1, 0.15) is 6.04 Å². The molecule has 13 nitrogen and oxygen atoms in total. The van der Waals surface area contributed by atoms with Gasteiger partial charge in [-0.05, 0) is 56.9 Å². The number of amides is 2. The van der Waals surface area contributed by atoms with Gasteiger partial charge in [0.15, 0.2) is 5.03 Å². The molecule has 3 saturated heterocycles. The number of likely N-dealkylation sites (tertiary alicyclic amines) is 3. The standard InChI is InChI=1S/C27H38ClN7O6S3/c1-31-17-25(29-19-31)44(40,41)32(2)20-9-13-33(15-20)16-21-5-3-12-35(21)26(36)18-34-11-4-6-23(27(34)37)30-43(38,39)14-10-22-7-8-24(28)42-22/h7-8,10,14,17,19-21,23,30H,3-6,9,11-13,15-16,18H2,1-2H3/b14-10+. The maximum absolute atomic E-state index is 13.4. The molecule has 44 heavy (non-hydrogen) atoms. The van der Waals surface area contributed by atoms with Crippen molar-refractivity contribution in [1.29, 1.82) is 0 Å². The van der Waals surface area contributed by atoms with Crippen molar-refractivity contribution in [2.75, 3.05) is 46.3 Å². The van der Waals surface area contributed by atoms with E-state index < -0.39 is 32.0 Å². The molecule has 0 radical (unpaired) electrons. The average Bonchev–Trinajstić information content (AvgIpc) is 3.78. The Hall–Kier alpha value is -2.34. The van der Waals surface area contributed by atoms with Crippen LogP contribution in [0.2, 0.25) is 4.34 Å². The van der Waals surface area contributed by atoms with Crippen molar-refractivity contribution in [2.45, 2.75) is 55.3 Å². The Morgan fingerprint density at radius 2 is 1.93 bits per heavy atom. The van der Waals surface area contributed by atoms with E-state index in [4.69, 9.17) is 11.6 Å². The minimum absolute atomic E-state index is 0.0241. The first-order chi connectivity index (χ1) is 20.8. The van der Waals surface area contributed by atoms with E-state index in [0.29, 0.717) is 61.2 Å². The number of imidazole rings is 1. The minimum Gasteiger partial charge on any atom is -0.339 e. The smallest absolute Gasteiger partial charge is 0.262 e.